The molecule has 0 spiro atoms. The monoisotopic (exact) mass is 238 g/mol. The molecule has 2 fully saturated rings. The molecule has 0 aromatic carbocycles. The van der Waals surface area contributed by atoms with E-state index in [2.05, 4.69) is 19.2 Å². The lowest BCUT2D eigenvalue weighted by Crippen LogP contribution is -2.43. The van der Waals surface area contributed by atoms with Crippen LogP contribution in [0.5, 0.6) is 0 Å². The van der Waals surface area contributed by atoms with Crippen molar-refractivity contribution < 1.29 is 4.79 Å². The molecule has 0 unspecified atom stereocenters. The number of hydrogen-bond donors (Lipinski definition) is 1. The molecule has 1 N–H and O–H groups in total. The summed E-state index contributed by atoms with van der Waals surface area (Å²) < 4.78 is 0. The maximum absolute atomic E-state index is 12.1. The first-order chi connectivity index (χ1) is 8.14. The average Bonchev–Trinajstić information content (AvgIpc) is 3.11. The zero-order valence-corrected chi connectivity index (χ0v) is 11.3. The van der Waals surface area contributed by atoms with Crippen LogP contribution < -0.4 is 5.32 Å². The summed E-state index contributed by atoms with van der Waals surface area (Å²) in [5.41, 5.74) is 0.418. The molecule has 0 aromatic heterocycles. The largest absolute Gasteiger partial charge is 0.337 e. The molecule has 2 aliphatic rings. The second-order valence-corrected chi connectivity index (χ2v) is 6.08. The van der Waals surface area contributed by atoms with Crippen LogP contribution in [-0.4, -0.2) is 30.6 Å². The summed E-state index contributed by atoms with van der Waals surface area (Å²) in [6, 6.07) is 0.166. The second kappa shape index (κ2) is 5.28. The summed E-state index contributed by atoms with van der Waals surface area (Å²) in [7, 11) is 0. The van der Waals surface area contributed by atoms with Crippen molar-refractivity contribution in [1.29, 1.82) is 0 Å². The van der Waals surface area contributed by atoms with Gasteiger partial charge in [0, 0.05) is 19.6 Å². The summed E-state index contributed by atoms with van der Waals surface area (Å²) in [6.45, 7) is 7.30. The molecule has 0 bridgehead atoms. The molecule has 0 radical (unpaired) electrons. The van der Waals surface area contributed by atoms with Crippen molar-refractivity contribution in [3.63, 3.8) is 0 Å². The summed E-state index contributed by atoms with van der Waals surface area (Å²) in [4.78, 5) is 14.1. The van der Waals surface area contributed by atoms with Gasteiger partial charge in [-0.15, -0.1) is 0 Å². The van der Waals surface area contributed by atoms with Crippen LogP contribution >= 0.6 is 0 Å². The van der Waals surface area contributed by atoms with Gasteiger partial charge in [0.1, 0.15) is 0 Å². The molecule has 1 saturated heterocycles. The van der Waals surface area contributed by atoms with Gasteiger partial charge in [-0.2, -0.15) is 0 Å². The Morgan fingerprint density at radius 2 is 1.76 bits per heavy atom. The first-order valence-electron chi connectivity index (χ1n) is 7.17. The molecule has 1 aliphatic carbocycles. The Kier molecular flexibility index (Phi) is 3.95. The third-order valence-electron chi connectivity index (χ3n) is 4.60. The highest BCUT2D eigenvalue weighted by Crippen LogP contribution is 2.51. The summed E-state index contributed by atoms with van der Waals surface area (Å²) in [6.07, 6.45) is 7.46. The fourth-order valence-electron chi connectivity index (χ4n) is 2.76. The van der Waals surface area contributed by atoms with E-state index in [0.717, 1.165) is 19.6 Å². The minimum Gasteiger partial charge on any atom is -0.337 e. The lowest BCUT2D eigenvalue weighted by Gasteiger charge is -2.25. The number of hydrogen-bond acceptors (Lipinski definition) is 1. The van der Waals surface area contributed by atoms with E-state index in [1.54, 1.807) is 0 Å². The molecule has 2 rings (SSSR count). The molecule has 1 saturated carbocycles. The Labute approximate surface area is 105 Å². The lowest BCUT2D eigenvalue weighted by molar-refractivity contribution is 0.194. The molecule has 0 atom stereocenters. The van der Waals surface area contributed by atoms with E-state index in [-0.39, 0.29) is 6.03 Å². The van der Waals surface area contributed by atoms with Gasteiger partial charge in [-0.3, -0.25) is 0 Å². The zero-order chi connectivity index (χ0) is 12.3. The zero-order valence-electron chi connectivity index (χ0n) is 11.3. The molecule has 98 valence electrons. The van der Waals surface area contributed by atoms with Gasteiger partial charge < -0.3 is 10.2 Å². The quantitative estimate of drug-likeness (QED) is 0.805. The number of likely N-dealkylation sites (tertiary alicyclic amines) is 1. The summed E-state index contributed by atoms with van der Waals surface area (Å²) in [5.74, 6) is 0.687. The lowest BCUT2D eigenvalue weighted by atomic mass is 9.92. The molecule has 2 amide bonds. The molecule has 17 heavy (non-hydrogen) atoms. The van der Waals surface area contributed by atoms with Crippen molar-refractivity contribution in [1.82, 2.24) is 10.2 Å². The number of urea groups is 1. The van der Waals surface area contributed by atoms with Crippen LogP contribution in [0, 0.1) is 11.3 Å². The van der Waals surface area contributed by atoms with E-state index in [1.807, 2.05) is 4.90 Å². The third-order valence-corrected chi connectivity index (χ3v) is 4.60. The number of carbonyl (C=O) groups excluding carboxylic acids is 1. The predicted octanol–water partition coefficient (Wildman–Crippen LogP) is 3.01. The molecule has 1 heterocycles. The first-order valence-corrected chi connectivity index (χ1v) is 7.17. The van der Waals surface area contributed by atoms with Crippen LogP contribution in [0.25, 0.3) is 0 Å². The van der Waals surface area contributed by atoms with E-state index < -0.39 is 0 Å². The first kappa shape index (κ1) is 12.7. The van der Waals surface area contributed by atoms with Crippen LogP contribution in [0.1, 0.15) is 52.4 Å². The average molecular weight is 238 g/mol. The number of carbonyl (C=O) groups is 1. The normalized spacial score (nSPS) is 23.4. The standard InChI is InChI=1S/C14H26N2O/c1-12(2)14(7-8-14)11-15-13(17)16-9-5-3-4-6-10-16/h12H,3-11H2,1-2H3,(H,15,17). The second-order valence-electron chi connectivity index (χ2n) is 6.08. The summed E-state index contributed by atoms with van der Waals surface area (Å²) in [5, 5.41) is 3.15. The minimum atomic E-state index is 0.166. The van der Waals surface area contributed by atoms with Gasteiger partial charge in [0.25, 0.3) is 0 Å². The van der Waals surface area contributed by atoms with Gasteiger partial charge in [0.05, 0.1) is 0 Å². The fraction of sp³-hybridized carbons (Fsp3) is 0.929. The number of amides is 2. The molecule has 0 aromatic rings. The van der Waals surface area contributed by atoms with Crippen molar-refractivity contribution in [2.75, 3.05) is 19.6 Å². The van der Waals surface area contributed by atoms with Gasteiger partial charge in [-0.1, -0.05) is 26.7 Å². The Morgan fingerprint density at radius 3 is 2.24 bits per heavy atom. The third kappa shape index (κ3) is 3.14. The van der Waals surface area contributed by atoms with E-state index in [9.17, 15) is 4.79 Å². The van der Waals surface area contributed by atoms with Crippen LogP contribution in [0.3, 0.4) is 0 Å². The molecule has 1 aliphatic heterocycles. The van der Waals surface area contributed by atoms with Gasteiger partial charge in [0.2, 0.25) is 0 Å². The van der Waals surface area contributed by atoms with Crippen molar-refractivity contribution in [2.24, 2.45) is 11.3 Å². The highest BCUT2D eigenvalue weighted by molar-refractivity contribution is 5.74. The van der Waals surface area contributed by atoms with Gasteiger partial charge in [0.15, 0.2) is 0 Å². The number of rotatable bonds is 3. The highest BCUT2D eigenvalue weighted by atomic mass is 16.2. The van der Waals surface area contributed by atoms with E-state index in [0.29, 0.717) is 11.3 Å². The smallest absolute Gasteiger partial charge is 0.317 e. The maximum atomic E-state index is 12.1. The van der Waals surface area contributed by atoms with Crippen molar-refractivity contribution in [3.8, 4) is 0 Å². The molecule has 3 nitrogen and oxygen atoms in total. The Hall–Kier alpha value is -0.730. The SMILES string of the molecule is CC(C)C1(CNC(=O)N2CCCCCC2)CC1. The van der Waals surface area contributed by atoms with Gasteiger partial charge in [-0.05, 0) is 37.0 Å². The van der Waals surface area contributed by atoms with E-state index >= 15 is 0 Å². The van der Waals surface area contributed by atoms with Crippen LogP contribution in [0.2, 0.25) is 0 Å². The Bertz CT molecular complexity index is 263. The van der Waals surface area contributed by atoms with Gasteiger partial charge >= 0.3 is 6.03 Å². The summed E-state index contributed by atoms with van der Waals surface area (Å²) >= 11 is 0. The minimum absolute atomic E-state index is 0.166. The van der Waals surface area contributed by atoms with Crippen LogP contribution in [0.15, 0.2) is 0 Å². The van der Waals surface area contributed by atoms with Crippen molar-refractivity contribution in [3.05, 3.63) is 0 Å². The molecule has 3 heteroatoms. The fourth-order valence-corrected chi connectivity index (χ4v) is 2.76. The predicted molar refractivity (Wildman–Crippen MR) is 69.9 cm³/mol. The Balaban J connectivity index is 1.76. The topological polar surface area (TPSA) is 32.3 Å². The van der Waals surface area contributed by atoms with Crippen LogP contribution in [-0.2, 0) is 0 Å². The van der Waals surface area contributed by atoms with Gasteiger partial charge in [-0.25, -0.2) is 4.79 Å². The van der Waals surface area contributed by atoms with E-state index in [1.165, 1.54) is 38.5 Å². The van der Waals surface area contributed by atoms with Crippen molar-refractivity contribution >= 4 is 6.03 Å². The number of nitrogens with zero attached hydrogens (tertiary/aromatic N) is 1. The van der Waals surface area contributed by atoms with Crippen molar-refractivity contribution in [2.45, 2.75) is 52.4 Å². The number of nitrogens with one attached hydrogen (secondary N) is 1. The molecular weight excluding hydrogens is 212 g/mol. The van der Waals surface area contributed by atoms with E-state index in [4.69, 9.17) is 0 Å². The molecular formula is C14H26N2O. The Morgan fingerprint density at radius 1 is 1.18 bits per heavy atom. The van der Waals surface area contributed by atoms with Crippen LogP contribution in [0.4, 0.5) is 4.79 Å². The highest BCUT2D eigenvalue weighted by Gasteiger charge is 2.45. The maximum Gasteiger partial charge on any atom is 0.317 e.